The average Bonchev–Trinajstić information content (AvgIpc) is 3.46. The monoisotopic (exact) mass is 594 g/mol. The second kappa shape index (κ2) is 9.78. The predicted octanol–water partition coefficient (Wildman–Crippen LogP) is 12.0. The van der Waals surface area contributed by atoms with Gasteiger partial charge < -0.3 is 4.57 Å². The Hall–Kier alpha value is -6.43. The summed E-state index contributed by atoms with van der Waals surface area (Å²) >= 11 is 0. The number of nitrogens with zero attached hydrogens (tertiary/aromatic N) is 2. The van der Waals surface area contributed by atoms with Crippen LogP contribution in [-0.2, 0) is 0 Å². The summed E-state index contributed by atoms with van der Waals surface area (Å²) in [4.78, 5) is 0. The lowest BCUT2D eigenvalue weighted by Crippen LogP contribution is -1.94. The van der Waals surface area contributed by atoms with E-state index in [4.69, 9.17) is 0 Å². The maximum Gasteiger partial charge on any atom is 0.0992 e. The quantitative estimate of drug-likeness (QED) is 0.187. The van der Waals surface area contributed by atoms with E-state index in [2.05, 4.69) is 150 Å². The molecule has 10 aromatic rings. The molecule has 0 amide bonds. The predicted molar refractivity (Wildman–Crippen MR) is 198 cm³/mol. The van der Waals surface area contributed by atoms with E-state index in [-0.39, 0.29) is 0 Å². The molecule has 0 aliphatic rings. The molecule has 0 saturated heterocycles. The van der Waals surface area contributed by atoms with Crippen LogP contribution in [0.25, 0.3) is 92.8 Å². The molecule has 0 N–H and O–H groups in total. The highest BCUT2D eigenvalue weighted by molar-refractivity contribution is 6.24. The number of fused-ring (bicyclic) bond motifs is 4. The Morgan fingerprint density at radius 1 is 0.383 bits per heavy atom. The minimum Gasteiger partial charge on any atom is -0.309 e. The zero-order valence-electron chi connectivity index (χ0n) is 25.4. The van der Waals surface area contributed by atoms with Crippen LogP contribution < -0.4 is 0 Å². The molecule has 1 heterocycles. The third-order valence-corrected chi connectivity index (χ3v) is 9.86. The number of rotatable bonds is 3. The summed E-state index contributed by atoms with van der Waals surface area (Å²) < 4.78 is 2.28. The maximum absolute atomic E-state index is 9.67. The van der Waals surface area contributed by atoms with E-state index in [0.29, 0.717) is 5.56 Å². The number of hydrogen-bond acceptors (Lipinski definition) is 1. The topological polar surface area (TPSA) is 28.7 Å². The highest BCUT2D eigenvalue weighted by Crippen LogP contribution is 2.41. The molecule has 0 aliphatic heterocycles. The van der Waals surface area contributed by atoms with Gasteiger partial charge in [0.05, 0.1) is 22.7 Å². The van der Waals surface area contributed by atoms with Crippen LogP contribution in [0, 0.1) is 11.3 Å². The summed E-state index contributed by atoms with van der Waals surface area (Å²) in [5.74, 6) is 0. The third-order valence-electron chi connectivity index (χ3n) is 9.86. The Labute approximate surface area is 271 Å². The van der Waals surface area contributed by atoms with Gasteiger partial charge in [0.15, 0.2) is 0 Å². The second-order valence-corrected chi connectivity index (χ2v) is 12.5. The molecule has 1 aromatic heterocycles. The molecule has 0 radical (unpaired) electrons. The minimum atomic E-state index is 0.661. The van der Waals surface area contributed by atoms with E-state index in [9.17, 15) is 5.26 Å². The Bertz CT molecular complexity index is 2840. The molecule has 2 nitrogen and oxygen atoms in total. The largest absolute Gasteiger partial charge is 0.309 e. The highest BCUT2D eigenvalue weighted by atomic mass is 15.0. The van der Waals surface area contributed by atoms with Crippen LogP contribution in [0.15, 0.2) is 158 Å². The summed E-state index contributed by atoms with van der Waals surface area (Å²) in [5.41, 5.74) is 8.76. The molecule has 0 atom stereocenters. The van der Waals surface area contributed by atoms with Gasteiger partial charge >= 0.3 is 0 Å². The van der Waals surface area contributed by atoms with Crippen LogP contribution in [-0.4, -0.2) is 4.57 Å². The number of aromatic nitrogens is 1. The van der Waals surface area contributed by atoms with Crippen molar-refractivity contribution in [2.24, 2.45) is 0 Å². The van der Waals surface area contributed by atoms with Gasteiger partial charge in [-0.1, -0.05) is 97.1 Å². The fourth-order valence-electron chi connectivity index (χ4n) is 7.66. The first-order valence-electron chi connectivity index (χ1n) is 16.0. The zero-order valence-corrected chi connectivity index (χ0v) is 25.4. The van der Waals surface area contributed by atoms with Crippen molar-refractivity contribution in [1.82, 2.24) is 4.57 Å². The van der Waals surface area contributed by atoms with Crippen LogP contribution in [0.2, 0.25) is 0 Å². The van der Waals surface area contributed by atoms with Crippen molar-refractivity contribution in [2.45, 2.75) is 0 Å². The van der Waals surface area contributed by atoms with Gasteiger partial charge in [-0.3, -0.25) is 0 Å². The normalized spacial score (nSPS) is 11.8. The molecule has 2 heteroatoms. The molecule has 10 rings (SSSR count). The van der Waals surface area contributed by atoms with E-state index < -0.39 is 0 Å². The molecule has 0 unspecified atom stereocenters. The van der Waals surface area contributed by atoms with Crippen LogP contribution in [0.1, 0.15) is 5.56 Å². The van der Waals surface area contributed by atoms with Crippen LogP contribution in [0.3, 0.4) is 0 Å². The third kappa shape index (κ3) is 3.91. The molecule has 0 saturated carbocycles. The van der Waals surface area contributed by atoms with Crippen molar-refractivity contribution in [3.05, 3.63) is 163 Å². The molecule has 0 spiro atoms. The lowest BCUT2D eigenvalue weighted by molar-refractivity contribution is 1.18. The van der Waals surface area contributed by atoms with Crippen molar-refractivity contribution < 1.29 is 0 Å². The van der Waals surface area contributed by atoms with E-state index in [1.165, 1.54) is 70.7 Å². The number of hydrogen-bond donors (Lipinski definition) is 0. The van der Waals surface area contributed by atoms with Gasteiger partial charge in [-0.2, -0.15) is 5.26 Å². The zero-order chi connectivity index (χ0) is 31.1. The lowest BCUT2D eigenvalue weighted by Gasteiger charge is -2.15. The Morgan fingerprint density at radius 2 is 0.872 bits per heavy atom. The van der Waals surface area contributed by atoms with E-state index in [1.807, 2.05) is 18.2 Å². The first-order chi connectivity index (χ1) is 23.2. The van der Waals surface area contributed by atoms with Crippen molar-refractivity contribution in [3.63, 3.8) is 0 Å². The molecular weight excluding hydrogens is 569 g/mol. The van der Waals surface area contributed by atoms with Gasteiger partial charge in [0, 0.05) is 16.5 Å². The molecule has 0 bridgehead atoms. The maximum atomic E-state index is 9.67. The molecule has 47 heavy (non-hydrogen) atoms. The lowest BCUT2D eigenvalue weighted by atomic mass is 9.89. The standard InChI is InChI=1S/C45H26N2/c46-27-28-10-18-40-41-19-17-32(26-43(41)47(42(40)20-28)39-8-2-1-3-9-39)38-24-35-15-13-33-22-37(23-34-14-16-36(25-38)45(35)44(33)34)31-12-11-29-6-4-5-7-30(29)21-31/h1-26H. The van der Waals surface area contributed by atoms with Crippen LogP contribution in [0.4, 0.5) is 0 Å². The van der Waals surface area contributed by atoms with Gasteiger partial charge in [-0.15, -0.1) is 0 Å². The SMILES string of the molecule is N#Cc1ccc2c3ccc(-c4cc5ccc6cc(-c7ccc8ccccc8c7)cc7ccc(c4)c5c67)cc3n(-c3ccccc3)c2c1. The van der Waals surface area contributed by atoms with Crippen molar-refractivity contribution >= 4 is 64.9 Å². The van der Waals surface area contributed by atoms with Gasteiger partial charge in [0.2, 0.25) is 0 Å². The first-order valence-corrected chi connectivity index (χ1v) is 16.0. The van der Waals surface area contributed by atoms with E-state index in [1.54, 1.807) is 0 Å². The van der Waals surface area contributed by atoms with Gasteiger partial charge in [0.25, 0.3) is 0 Å². The second-order valence-electron chi connectivity index (χ2n) is 12.5. The molecule has 0 aliphatic carbocycles. The number of nitriles is 1. The summed E-state index contributed by atoms with van der Waals surface area (Å²) in [6.45, 7) is 0. The summed E-state index contributed by atoms with van der Waals surface area (Å²) in [5, 5.41) is 22.2. The average molecular weight is 595 g/mol. The smallest absolute Gasteiger partial charge is 0.0992 e. The number of benzene rings is 9. The van der Waals surface area contributed by atoms with Crippen molar-refractivity contribution in [2.75, 3.05) is 0 Å². The number of para-hydroxylation sites is 1. The van der Waals surface area contributed by atoms with Crippen LogP contribution in [0.5, 0.6) is 0 Å². The summed E-state index contributed by atoms with van der Waals surface area (Å²) in [7, 11) is 0. The molecular formula is C45H26N2. The van der Waals surface area contributed by atoms with Crippen molar-refractivity contribution in [3.8, 4) is 34.0 Å². The Kier molecular flexibility index (Phi) is 5.38. The summed E-state index contributed by atoms with van der Waals surface area (Å²) in [6, 6.07) is 59.3. The summed E-state index contributed by atoms with van der Waals surface area (Å²) in [6.07, 6.45) is 0. The van der Waals surface area contributed by atoms with Gasteiger partial charge in [-0.05, 0) is 126 Å². The molecule has 216 valence electrons. The molecule has 0 fully saturated rings. The van der Waals surface area contributed by atoms with Crippen LogP contribution >= 0.6 is 0 Å². The van der Waals surface area contributed by atoms with Gasteiger partial charge in [-0.25, -0.2) is 0 Å². The Morgan fingerprint density at radius 3 is 1.51 bits per heavy atom. The minimum absolute atomic E-state index is 0.661. The first kappa shape index (κ1) is 25.9. The highest BCUT2D eigenvalue weighted by Gasteiger charge is 2.16. The van der Waals surface area contributed by atoms with E-state index in [0.717, 1.165) is 22.1 Å². The van der Waals surface area contributed by atoms with Crippen molar-refractivity contribution in [1.29, 1.82) is 5.26 Å². The van der Waals surface area contributed by atoms with Gasteiger partial charge in [0.1, 0.15) is 0 Å². The fourth-order valence-corrected chi connectivity index (χ4v) is 7.66. The van der Waals surface area contributed by atoms with E-state index >= 15 is 0 Å². The molecule has 9 aromatic carbocycles. The Balaban J connectivity index is 1.15. The fraction of sp³-hybridized carbons (Fsp3) is 0.